The van der Waals surface area contributed by atoms with Crippen molar-refractivity contribution in [2.24, 2.45) is 0 Å². The molecule has 1 aliphatic heterocycles. The van der Waals surface area contributed by atoms with Crippen LogP contribution in [-0.4, -0.2) is 37.4 Å². The number of halogens is 3. The van der Waals surface area contributed by atoms with Gasteiger partial charge in [0.2, 0.25) is 12.3 Å². The van der Waals surface area contributed by atoms with Crippen LogP contribution in [0, 0.1) is 0 Å². The molecule has 2 aromatic rings. The molecular formula is C21H23F3N2O4. The van der Waals surface area contributed by atoms with Gasteiger partial charge in [-0.15, -0.1) is 0 Å². The number of hydrogen-bond acceptors (Lipinski definition) is 4. The molecule has 30 heavy (non-hydrogen) atoms. The fourth-order valence-electron chi connectivity index (χ4n) is 2.72. The molecule has 0 aliphatic carbocycles. The van der Waals surface area contributed by atoms with Crippen LogP contribution in [0.1, 0.15) is 25.3 Å². The molecule has 0 aromatic heterocycles. The summed E-state index contributed by atoms with van der Waals surface area (Å²) in [6.07, 6.45) is -2.12. The van der Waals surface area contributed by atoms with Crippen molar-refractivity contribution in [3.05, 3.63) is 48.0 Å². The molecule has 1 unspecified atom stereocenters. The van der Waals surface area contributed by atoms with Gasteiger partial charge in [-0.3, -0.25) is 9.59 Å². The molecule has 0 bridgehead atoms. The molecule has 1 aliphatic rings. The highest BCUT2D eigenvalue weighted by molar-refractivity contribution is 5.78. The number of rotatable bonds is 5. The van der Waals surface area contributed by atoms with E-state index in [1.807, 2.05) is 7.05 Å². The highest BCUT2D eigenvalue weighted by Gasteiger charge is 2.30. The van der Waals surface area contributed by atoms with E-state index in [4.69, 9.17) is 9.47 Å². The Kier molecular flexibility index (Phi) is 7.68. The first-order valence-electron chi connectivity index (χ1n) is 9.14. The van der Waals surface area contributed by atoms with Crippen molar-refractivity contribution in [3.8, 4) is 17.2 Å². The number of ether oxygens (including phenoxy) is 2. The second-order valence-electron chi connectivity index (χ2n) is 6.64. The van der Waals surface area contributed by atoms with Gasteiger partial charge in [-0.25, -0.2) is 0 Å². The number of amides is 2. The maximum absolute atomic E-state index is 12.5. The zero-order chi connectivity index (χ0) is 22.3. The maximum atomic E-state index is 12.5. The van der Waals surface area contributed by atoms with Crippen LogP contribution in [0.3, 0.4) is 0 Å². The smallest absolute Gasteiger partial charge is 0.416 e. The third-order valence-electron chi connectivity index (χ3n) is 4.63. The zero-order valence-corrected chi connectivity index (χ0v) is 16.8. The van der Waals surface area contributed by atoms with Crippen LogP contribution in [0.25, 0.3) is 0 Å². The van der Waals surface area contributed by atoms with Crippen LogP contribution in [0.15, 0.2) is 42.5 Å². The van der Waals surface area contributed by atoms with Crippen LogP contribution >= 0.6 is 0 Å². The first kappa shape index (κ1) is 23.1. The molecule has 3 rings (SSSR count). The van der Waals surface area contributed by atoms with E-state index in [0.717, 1.165) is 25.0 Å². The maximum Gasteiger partial charge on any atom is 0.416 e. The quantitative estimate of drug-likeness (QED) is 0.707. The SMILES string of the molecule is CC1CCC(=O)N1C.COc1ccc(Oc2ccc(C(F)(F)F)cc2)cc1NC=O. The fraction of sp³-hybridized carbons (Fsp3) is 0.333. The lowest BCUT2D eigenvalue weighted by Gasteiger charge is -2.13. The molecule has 1 N–H and O–H groups in total. The van der Waals surface area contributed by atoms with E-state index < -0.39 is 11.7 Å². The average molecular weight is 424 g/mol. The van der Waals surface area contributed by atoms with Gasteiger partial charge in [-0.1, -0.05) is 0 Å². The number of nitrogens with one attached hydrogen (secondary N) is 1. The Balaban J connectivity index is 0.000000335. The molecule has 0 spiro atoms. The predicted molar refractivity (Wildman–Crippen MR) is 106 cm³/mol. The summed E-state index contributed by atoms with van der Waals surface area (Å²) in [7, 11) is 3.31. The molecule has 1 atom stereocenters. The lowest BCUT2D eigenvalue weighted by atomic mass is 10.2. The Labute approximate surface area is 172 Å². The third kappa shape index (κ3) is 6.13. The Hall–Kier alpha value is -3.23. The van der Waals surface area contributed by atoms with Gasteiger partial charge >= 0.3 is 6.18 Å². The minimum atomic E-state index is -4.39. The minimum absolute atomic E-state index is 0.246. The van der Waals surface area contributed by atoms with E-state index in [0.29, 0.717) is 29.6 Å². The summed E-state index contributed by atoms with van der Waals surface area (Å²) in [6.45, 7) is 2.07. The molecular weight excluding hydrogens is 401 g/mol. The predicted octanol–water partition coefficient (Wildman–Crippen LogP) is 4.70. The summed E-state index contributed by atoms with van der Waals surface area (Å²) in [5.74, 6) is 1.32. The van der Waals surface area contributed by atoms with Crippen molar-refractivity contribution in [1.29, 1.82) is 0 Å². The summed E-state index contributed by atoms with van der Waals surface area (Å²) >= 11 is 0. The van der Waals surface area contributed by atoms with Gasteiger partial charge in [-0.05, 0) is 49.7 Å². The summed E-state index contributed by atoms with van der Waals surface area (Å²) < 4.78 is 47.9. The number of benzene rings is 2. The molecule has 9 heteroatoms. The fourth-order valence-corrected chi connectivity index (χ4v) is 2.72. The number of methoxy groups -OCH3 is 1. The van der Waals surface area contributed by atoms with E-state index in [9.17, 15) is 22.8 Å². The van der Waals surface area contributed by atoms with E-state index >= 15 is 0 Å². The van der Waals surface area contributed by atoms with Crippen molar-refractivity contribution in [3.63, 3.8) is 0 Å². The average Bonchev–Trinajstić information content (AvgIpc) is 3.00. The molecule has 2 amide bonds. The summed E-state index contributed by atoms with van der Waals surface area (Å²) in [4.78, 5) is 23.0. The van der Waals surface area contributed by atoms with Crippen LogP contribution < -0.4 is 14.8 Å². The van der Waals surface area contributed by atoms with Crippen LogP contribution in [0.5, 0.6) is 17.2 Å². The van der Waals surface area contributed by atoms with Crippen LogP contribution in [0.2, 0.25) is 0 Å². The summed E-state index contributed by atoms with van der Waals surface area (Å²) in [5, 5.41) is 2.45. The topological polar surface area (TPSA) is 67.9 Å². The summed E-state index contributed by atoms with van der Waals surface area (Å²) in [5.41, 5.74) is -0.361. The number of nitrogens with zero attached hydrogens (tertiary/aromatic N) is 1. The second kappa shape index (κ2) is 10.00. The minimum Gasteiger partial charge on any atom is -0.495 e. The third-order valence-corrected chi connectivity index (χ3v) is 4.63. The van der Waals surface area contributed by atoms with E-state index in [1.54, 1.807) is 17.0 Å². The Morgan fingerprint density at radius 2 is 1.77 bits per heavy atom. The van der Waals surface area contributed by atoms with Gasteiger partial charge in [0.15, 0.2) is 0 Å². The monoisotopic (exact) mass is 424 g/mol. The highest BCUT2D eigenvalue weighted by atomic mass is 19.4. The van der Waals surface area contributed by atoms with Crippen LogP contribution in [0.4, 0.5) is 18.9 Å². The Morgan fingerprint density at radius 1 is 1.13 bits per heavy atom. The molecule has 0 saturated carbocycles. The van der Waals surface area contributed by atoms with Gasteiger partial charge in [0.05, 0.1) is 18.4 Å². The first-order chi connectivity index (χ1) is 14.2. The molecule has 1 saturated heterocycles. The van der Waals surface area contributed by atoms with Crippen molar-refractivity contribution >= 4 is 18.0 Å². The number of carbonyl (C=O) groups excluding carboxylic acids is 2. The van der Waals surface area contributed by atoms with Gasteiger partial charge in [-0.2, -0.15) is 13.2 Å². The number of anilines is 1. The van der Waals surface area contributed by atoms with Crippen molar-refractivity contribution in [2.75, 3.05) is 19.5 Å². The highest BCUT2D eigenvalue weighted by Crippen LogP contribution is 2.33. The van der Waals surface area contributed by atoms with Gasteiger partial charge in [0, 0.05) is 25.6 Å². The zero-order valence-electron chi connectivity index (χ0n) is 16.8. The largest absolute Gasteiger partial charge is 0.495 e. The molecule has 1 fully saturated rings. The van der Waals surface area contributed by atoms with Gasteiger partial charge < -0.3 is 19.7 Å². The van der Waals surface area contributed by atoms with E-state index in [-0.39, 0.29) is 11.7 Å². The van der Waals surface area contributed by atoms with Crippen LogP contribution in [-0.2, 0) is 15.8 Å². The molecule has 2 aromatic carbocycles. The van der Waals surface area contributed by atoms with Crippen molar-refractivity contribution in [2.45, 2.75) is 32.0 Å². The number of likely N-dealkylation sites (tertiary alicyclic amines) is 1. The normalized spacial score (nSPS) is 15.9. The van der Waals surface area contributed by atoms with Gasteiger partial charge in [0.1, 0.15) is 17.2 Å². The van der Waals surface area contributed by atoms with Crippen molar-refractivity contribution in [1.82, 2.24) is 4.90 Å². The molecule has 162 valence electrons. The standard InChI is InChI=1S/C15H12F3NO3.C6H11NO/c1-21-14-7-6-12(8-13(14)19-9-20)22-11-4-2-10(3-5-11)15(16,17)18;1-5-3-4-6(8)7(5)2/h2-9H,1H3,(H,19,20);5H,3-4H2,1-2H3. The number of carbonyl (C=O) groups is 2. The Morgan fingerprint density at radius 3 is 2.20 bits per heavy atom. The van der Waals surface area contributed by atoms with Crippen molar-refractivity contribution < 1.29 is 32.2 Å². The van der Waals surface area contributed by atoms with E-state index in [1.165, 1.54) is 25.3 Å². The first-order valence-corrected chi connectivity index (χ1v) is 9.14. The molecule has 1 heterocycles. The summed E-state index contributed by atoms with van der Waals surface area (Å²) in [6, 6.07) is 9.44. The lowest BCUT2D eigenvalue weighted by molar-refractivity contribution is -0.137. The molecule has 0 radical (unpaired) electrons. The second-order valence-corrected chi connectivity index (χ2v) is 6.64. The Bertz CT molecular complexity index is 870. The van der Waals surface area contributed by atoms with Gasteiger partial charge in [0.25, 0.3) is 0 Å². The number of hydrogen-bond donors (Lipinski definition) is 1. The molecule has 6 nitrogen and oxygen atoms in total. The number of alkyl halides is 3. The van der Waals surface area contributed by atoms with E-state index in [2.05, 4.69) is 12.2 Å². The lowest BCUT2D eigenvalue weighted by Crippen LogP contribution is -2.25.